The van der Waals surface area contributed by atoms with E-state index in [1.165, 1.54) is 5.56 Å². The van der Waals surface area contributed by atoms with Gasteiger partial charge in [-0.15, -0.1) is 0 Å². The first-order chi connectivity index (χ1) is 7.27. The lowest BCUT2D eigenvalue weighted by molar-refractivity contribution is 0.425. The molecule has 0 bridgehead atoms. The van der Waals surface area contributed by atoms with Crippen molar-refractivity contribution in [2.75, 3.05) is 19.6 Å². The van der Waals surface area contributed by atoms with Crippen molar-refractivity contribution in [1.29, 1.82) is 0 Å². The second-order valence-corrected chi connectivity index (χ2v) is 3.75. The minimum absolute atomic E-state index is 0.323. The molecule has 0 spiro atoms. The molecule has 2 rings (SSSR count). The van der Waals surface area contributed by atoms with Crippen molar-refractivity contribution in [1.82, 2.24) is 10.6 Å². The summed E-state index contributed by atoms with van der Waals surface area (Å²) in [5, 5.41) is 24.6. The second-order valence-electron chi connectivity index (χ2n) is 3.75. The molecule has 0 radical (unpaired) electrons. The summed E-state index contributed by atoms with van der Waals surface area (Å²) in [6.07, 6.45) is 0. The van der Waals surface area contributed by atoms with Gasteiger partial charge in [0.25, 0.3) is 0 Å². The van der Waals surface area contributed by atoms with Crippen LogP contribution < -0.4 is 16.1 Å². The molecule has 4 nitrogen and oxygen atoms in total. The maximum atomic E-state index is 8.95. The molecular weight excluding hydrogens is 191 g/mol. The Morgan fingerprint density at radius 1 is 1.13 bits per heavy atom. The van der Waals surface area contributed by atoms with Gasteiger partial charge in [0.05, 0.1) is 0 Å². The van der Waals surface area contributed by atoms with Gasteiger partial charge >= 0.3 is 7.12 Å². The van der Waals surface area contributed by atoms with Gasteiger partial charge in [-0.25, -0.2) is 0 Å². The SMILES string of the molecule is OB(O)c1ccc([C@H]2CNCCN2)cc1. The molecule has 1 aromatic carbocycles. The predicted octanol–water partition coefficient (Wildman–Crippen LogP) is -1.40. The number of benzene rings is 1. The average Bonchev–Trinajstić information content (AvgIpc) is 2.30. The van der Waals surface area contributed by atoms with Crippen molar-refractivity contribution in [2.24, 2.45) is 0 Å². The highest BCUT2D eigenvalue weighted by Gasteiger charge is 2.15. The van der Waals surface area contributed by atoms with Crippen molar-refractivity contribution in [3.05, 3.63) is 29.8 Å². The molecule has 1 fully saturated rings. The Morgan fingerprint density at radius 2 is 1.87 bits per heavy atom. The van der Waals surface area contributed by atoms with Gasteiger partial charge in [0.2, 0.25) is 0 Å². The normalized spacial score (nSPS) is 21.3. The molecule has 80 valence electrons. The molecule has 1 atom stereocenters. The summed E-state index contributed by atoms with van der Waals surface area (Å²) in [7, 11) is -1.38. The molecule has 1 saturated heterocycles. The number of hydrogen-bond donors (Lipinski definition) is 4. The zero-order chi connectivity index (χ0) is 10.7. The highest BCUT2D eigenvalue weighted by molar-refractivity contribution is 6.58. The summed E-state index contributed by atoms with van der Waals surface area (Å²) in [6.45, 7) is 2.89. The molecule has 1 aromatic rings. The number of nitrogens with one attached hydrogen (secondary N) is 2. The quantitative estimate of drug-likeness (QED) is 0.449. The molecule has 0 amide bonds. The summed E-state index contributed by atoms with van der Waals surface area (Å²) in [5.74, 6) is 0. The van der Waals surface area contributed by atoms with Gasteiger partial charge in [-0.05, 0) is 11.0 Å². The van der Waals surface area contributed by atoms with E-state index in [4.69, 9.17) is 10.0 Å². The van der Waals surface area contributed by atoms with Crippen LogP contribution in [0, 0.1) is 0 Å². The number of hydrogen-bond acceptors (Lipinski definition) is 4. The van der Waals surface area contributed by atoms with E-state index in [2.05, 4.69) is 10.6 Å². The maximum Gasteiger partial charge on any atom is 0.488 e. The van der Waals surface area contributed by atoms with Crippen LogP contribution in [0.15, 0.2) is 24.3 Å². The minimum Gasteiger partial charge on any atom is -0.423 e. The zero-order valence-corrected chi connectivity index (χ0v) is 8.48. The Kier molecular flexibility index (Phi) is 3.38. The molecule has 0 saturated carbocycles. The third kappa shape index (κ3) is 2.57. The van der Waals surface area contributed by atoms with Crippen LogP contribution in [0.25, 0.3) is 0 Å². The fraction of sp³-hybridized carbons (Fsp3) is 0.400. The molecular formula is C10H15BN2O2. The highest BCUT2D eigenvalue weighted by atomic mass is 16.4. The first kappa shape index (κ1) is 10.6. The Balaban J connectivity index is 2.08. The van der Waals surface area contributed by atoms with Gasteiger partial charge in [0, 0.05) is 25.7 Å². The minimum atomic E-state index is -1.38. The standard InChI is InChI=1S/C10H15BN2O2/c14-11(15)9-3-1-8(2-4-9)10-7-12-5-6-13-10/h1-4,10,12-15H,5-7H2/t10-/m1/s1. The Labute approximate surface area is 89.5 Å². The molecule has 0 unspecified atom stereocenters. The van der Waals surface area contributed by atoms with E-state index in [-0.39, 0.29) is 0 Å². The Bertz CT molecular complexity index is 310. The zero-order valence-electron chi connectivity index (χ0n) is 8.48. The summed E-state index contributed by atoms with van der Waals surface area (Å²) >= 11 is 0. The van der Waals surface area contributed by atoms with Gasteiger partial charge < -0.3 is 20.7 Å². The van der Waals surface area contributed by atoms with Crippen molar-refractivity contribution in [2.45, 2.75) is 6.04 Å². The highest BCUT2D eigenvalue weighted by Crippen LogP contribution is 2.11. The Hall–Kier alpha value is -0.875. The van der Waals surface area contributed by atoms with E-state index < -0.39 is 7.12 Å². The van der Waals surface area contributed by atoms with E-state index in [9.17, 15) is 0 Å². The molecule has 5 heteroatoms. The molecule has 0 aliphatic carbocycles. The predicted molar refractivity (Wildman–Crippen MR) is 59.9 cm³/mol. The summed E-state index contributed by atoms with van der Waals surface area (Å²) in [4.78, 5) is 0. The van der Waals surface area contributed by atoms with Gasteiger partial charge in [-0.3, -0.25) is 0 Å². The maximum absolute atomic E-state index is 8.95. The topological polar surface area (TPSA) is 64.5 Å². The third-order valence-corrected chi connectivity index (χ3v) is 2.68. The van der Waals surface area contributed by atoms with Gasteiger partial charge in [0.15, 0.2) is 0 Å². The van der Waals surface area contributed by atoms with Crippen LogP contribution in [0.5, 0.6) is 0 Å². The fourth-order valence-corrected chi connectivity index (χ4v) is 1.79. The first-order valence-electron chi connectivity index (χ1n) is 5.17. The largest absolute Gasteiger partial charge is 0.488 e. The van der Waals surface area contributed by atoms with Gasteiger partial charge in [0.1, 0.15) is 0 Å². The molecule has 15 heavy (non-hydrogen) atoms. The molecule has 0 aromatic heterocycles. The van der Waals surface area contributed by atoms with E-state index in [0.29, 0.717) is 11.5 Å². The lowest BCUT2D eigenvalue weighted by atomic mass is 9.80. The fourth-order valence-electron chi connectivity index (χ4n) is 1.79. The average molecular weight is 206 g/mol. The van der Waals surface area contributed by atoms with Crippen LogP contribution in [-0.4, -0.2) is 36.8 Å². The Morgan fingerprint density at radius 3 is 2.40 bits per heavy atom. The smallest absolute Gasteiger partial charge is 0.423 e. The summed E-state index contributed by atoms with van der Waals surface area (Å²) < 4.78 is 0. The van der Waals surface area contributed by atoms with Crippen molar-refractivity contribution < 1.29 is 10.0 Å². The first-order valence-corrected chi connectivity index (χ1v) is 5.17. The summed E-state index contributed by atoms with van der Waals surface area (Å²) in [5.41, 5.74) is 1.70. The second kappa shape index (κ2) is 4.76. The van der Waals surface area contributed by atoms with Crippen LogP contribution in [-0.2, 0) is 0 Å². The molecule has 1 aliphatic heterocycles. The van der Waals surface area contributed by atoms with Crippen LogP contribution in [0.3, 0.4) is 0 Å². The van der Waals surface area contributed by atoms with Gasteiger partial charge in [-0.1, -0.05) is 24.3 Å². The van der Waals surface area contributed by atoms with Crippen LogP contribution in [0.2, 0.25) is 0 Å². The van der Waals surface area contributed by atoms with E-state index >= 15 is 0 Å². The van der Waals surface area contributed by atoms with Gasteiger partial charge in [-0.2, -0.15) is 0 Å². The van der Waals surface area contributed by atoms with E-state index in [1.54, 1.807) is 12.1 Å². The molecule has 1 heterocycles. The van der Waals surface area contributed by atoms with E-state index in [1.807, 2.05) is 12.1 Å². The van der Waals surface area contributed by atoms with Crippen LogP contribution >= 0.6 is 0 Å². The molecule has 4 N–H and O–H groups in total. The van der Waals surface area contributed by atoms with Crippen molar-refractivity contribution in [3.63, 3.8) is 0 Å². The number of rotatable bonds is 2. The van der Waals surface area contributed by atoms with Crippen LogP contribution in [0.4, 0.5) is 0 Å². The lowest BCUT2D eigenvalue weighted by Crippen LogP contribution is -2.42. The van der Waals surface area contributed by atoms with Crippen LogP contribution in [0.1, 0.15) is 11.6 Å². The van der Waals surface area contributed by atoms with Crippen molar-refractivity contribution in [3.8, 4) is 0 Å². The molecule has 1 aliphatic rings. The number of piperazine rings is 1. The summed E-state index contributed by atoms with van der Waals surface area (Å²) in [6, 6.07) is 7.68. The lowest BCUT2D eigenvalue weighted by Gasteiger charge is -2.24. The van der Waals surface area contributed by atoms with E-state index in [0.717, 1.165) is 19.6 Å². The third-order valence-electron chi connectivity index (χ3n) is 2.68. The monoisotopic (exact) mass is 206 g/mol. The van der Waals surface area contributed by atoms with Crippen molar-refractivity contribution >= 4 is 12.6 Å².